The summed E-state index contributed by atoms with van der Waals surface area (Å²) in [5.74, 6) is 0.250. The molecule has 16 heavy (non-hydrogen) atoms. The van der Waals surface area contributed by atoms with E-state index in [1.807, 2.05) is 19.1 Å². The van der Waals surface area contributed by atoms with Crippen LogP contribution in [0.1, 0.15) is 6.92 Å². The van der Waals surface area contributed by atoms with E-state index in [9.17, 15) is 4.79 Å². The average molecular weight is 304 g/mol. The summed E-state index contributed by atoms with van der Waals surface area (Å²) in [7, 11) is 0. The Labute approximate surface area is 108 Å². The Morgan fingerprint density at radius 1 is 1.75 bits per heavy atom. The molecule has 0 saturated heterocycles. The third-order valence-corrected chi connectivity index (χ3v) is 3.91. The number of hydrogen-bond acceptors (Lipinski definition) is 4. The summed E-state index contributed by atoms with van der Waals surface area (Å²) in [6, 6.07) is 3.45. The molecule has 1 amide bonds. The highest BCUT2D eigenvalue weighted by molar-refractivity contribution is 9.10. The molecule has 1 aromatic heterocycles. The number of nitrogens with zero attached hydrogens (tertiary/aromatic N) is 1. The maximum atomic E-state index is 11.1. The molecule has 0 aliphatic heterocycles. The molecule has 0 bridgehead atoms. The van der Waals surface area contributed by atoms with Gasteiger partial charge in [0.05, 0.1) is 6.04 Å². The normalized spacial score (nSPS) is 12.4. The molecule has 1 rings (SSSR count). The van der Waals surface area contributed by atoms with Crippen molar-refractivity contribution in [1.82, 2.24) is 10.3 Å². The number of rotatable bonds is 6. The first-order chi connectivity index (χ1) is 7.65. The van der Waals surface area contributed by atoms with Crippen molar-refractivity contribution in [2.45, 2.75) is 18.0 Å². The smallest absolute Gasteiger partial charge is 0.235 e. The Kier molecular flexibility index (Phi) is 5.79. The molecule has 1 atom stereocenters. The fourth-order valence-electron chi connectivity index (χ4n) is 1.13. The summed E-state index contributed by atoms with van der Waals surface area (Å²) in [6.45, 7) is 2.66. The first-order valence-electron chi connectivity index (χ1n) is 4.91. The first-order valence-corrected chi connectivity index (χ1v) is 6.69. The number of nitrogens with two attached hydrogens (primary N) is 1. The molecule has 0 radical (unpaired) electrons. The Morgan fingerprint density at radius 3 is 3.06 bits per heavy atom. The highest BCUT2D eigenvalue weighted by Gasteiger charge is 2.14. The molecule has 0 aliphatic carbocycles. The number of aromatic nitrogens is 1. The Morgan fingerprint density at radius 2 is 2.50 bits per heavy atom. The van der Waals surface area contributed by atoms with Crippen LogP contribution >= 0.6 is 27.7 Å². The second-order valence-corrected chi connectivity index (χ2v) is 4.98. The number of halogens is 1. The average Bonchev–Trinajstić information content (AvgIpc) is 2.26. The van der Waals surface area contributed by atoms with E-state index >= 15 is 0 Å². The molecule has 4 nitrogen and oxygen atoms in total. The van der Waals surface area contributed by atoms with Gasteiger partial charge in [0, 0.05) is 16.4 Å². The summed E-state index contributed by atoms with van der Waals surface area (Å²) in [4.78, 5) is 15.3. The molecule has 1 aromatic rings. The number of thioether (sulfide) groups is 1. The van der Waals surface area contributed by atoms with Crippen LogP contribution in [0.25, 0.3) is 0 Å². The van der Waals surface area contributed by atoms with Gasteiger partial charge in [0.15, 0.2) is 0 Å². The molecule has 1 unspecified atom stereocenters. The molecule has 88 valence electrons. The highest BCUT2D eigenvalue weighted by atomic mass is 79.9. The van der Waals surface area contributed by atoms with Gasteiger partial charge in [-0.05, 0) is 34.6 Å². The molecular weight excluding hydrogens is 290 g/mol. The molecule has 0 saturated carbocycles. The molecular formula is C10H14BrN3OS. The minimum absolute atomic E-state index is 0.316. The van der Waals surface area contributed by atoms with Gasteiger partial charge in [-0.1, -0.05) is 6.92 Å². The van der Waals surface area contributed by atoms with Gasteiger partial charge >= 0.3 is 0 Å². The van der Waals surface area contributed by atoms with Crippen LogP contribution in [0.5, 0.6) is 0 Å². The quantitative estimate of drug-likeness (QED) is 0.780. The number of pyridine rings is 1. The van der Waals surface area contributed by atoms with Gasteiger partial charge in [0.25, 0.3) is 0 Å². The van der Waals surface area contributed by atoms with E-state index in [1.54, 1.807) is 6.20 Å². The van der Waals surface area contributed by atoms with E-state index in [2.05, 4.69) is 26.2 Å². The van der Waals surface area contributed by atoms with Crippen LogP contribution in [-0.4, -0.2) is 29.2 Å². The third-order valence-electron chi connectivity index (χ3n) is 1.91. The molecule has 3 N–H and O–H groups in total. The van der Waals surface area contributed by atoms with Gasteiger partial charge in [-0.2, -0.15) is 0 Å². The lowest BCUT2D eigenvalue weighted by Crippen LogP contribution is -2.43. The van der Waals surface area contributed by atoms with Gasteiger partial charge in [-0.25, -0.2) is 4.98 Å². The summed E-state index contributed by atoms with van der Waals surface area (Å²) < 4.78 is 0.930. The lowest BCUT2D eigenvalue weighted by atomic mass is 10.3. The molecule has 0 aliphatic rings. The van der Waals surface area contributed by atoms with E-state index in [1.165, 1.54) is 11.8 Å². The zero-order chi connectivity index (χ0) is 12.0. The molecule has 1 heterocycles. The minimum atomic E-state index is -0.332. The van der Waals surface area contributed by atoms with E-state index < -0.39 is 0 Å². The number of nitrogens with one attached hydrogen (secondary N) is 1. The fraction of sp³-hybridized carbons (Fsp3) is 0.400. The van der Waals surface area contributed by atoms with Crippen molar-refractivity contribution in [3.8, 4) is 0 Å². The number of carbonyl (C=O) groups excluding carboxylic acids is 1. The van der Waals surface area contributed by atoms with Gasteiger partial charge in [-0.3, -0.25) is 4.79 Å². The van der Waals surface area contributed by atoms with Crippen LogP contribution in [0, 0.1) is 0 Å². The lowest BCUT2D eigenvalue weighted by Gasteiger charge is -2.13. The second kappa shape index (κ2) is 6.88. The van der Waals surface area contributed by atoms with Crippen molar-refractivity contribution in [3.05, 3.63) is 22.8 Å². The summed E-state index contributed by atoms with van der Waals surface area (Å²) >= 11 is 4.90. The number of likely N-dealkylation sites (N-methyl/N-ethyl adjacent to an activating group) is 1. The standard InChI is InChI=1S/C10H14BrN3OS/c1-2-13-8(9(12)15)6-16-10-7(11)4-3-5-14-10/h3-5,8,13H,2,6H2,1H3,(H2,12,15). The van der Waals surface area contributed by atoms with Crippen LogP contribution in [0.3, 0.4) is 0 Å². The van der Waals surface area contributed by atoms with Crippen molar-refractivity contribution in [3.63, 3.8) is 0 Å². The van der Waals surface area contributed by atoms with Gasteiger partial charge in [-0.15, -0.1) is 11.8 Å². The van der Waals surface area contributed by atoms with Crippen LogP contribution in [0.4, 0.5) is 0 Å². The van der Waals surface area contributed by atoms with Gasteiger partial charge in [0.1, 0.15) is 5.03 Å². The van der Waals surface area contributed by atoms with Crippen molar-refractivity contribution in [2.24, 2.45) is 5.73 Å². The maximum absolute atomic E-state index is 11.1. The monoisotopic (exact) mass is 303 g/mol. The Bertz CT molecular complexity index is 362. The molecule has 0 spiro atoms. The molecule has 0 aromatic carbocycles. The predicted molar refractivity (Wildman–Crippen MR) is 69.3 cm³/mol. The van der Waals surface area contributed by atoms with Crippen molar-refractivity contribution in [2.75, 3.05) is 12.3 Å². The largest absolute Gasteiger partial charge is 0.368 e. The third kappa shape index (κ3) is 4.11. The van der Waals surface area contributed by atoms with Crippen LogP contribution < -0.4 is 11.1 Å². The number of carbonyl (C=O) groups is 1. The van der Waals surface area contributed by atoms with E-state index in [4.69, 9.17) is 5.73 Å². The predicted octanol–water partition coefficient (Wildman–Crippen LogP) is 1.40. The van der Waals surface area contributed by atoms with E-state index in [0.29, 0.717) is 5.75 Å². The summed E-state index contributed by atoms with van der Waals surface area (Å²) in [6.07, 6.45) is 1.72. The molecule has 0 fully saturated rings. The second-order valence-electron chi connectivity index (χ2n) is 3.11. The topological polar surface area (TPSA) is 68.0 Å². The highest BCUT2D eigenvalue weighted by Crippen LogP contribution is 2.24. The molecule has 6 heteroatoms. The van der Waals surface area contributed by atoms with Crippen molar-refractivity contribution >= 4 is 33.6 Å². The zero-order valence-electron chi connectivity index (χ0n) is 8.94. The number of amides is 1. The SMILES string of the molecule is CCNC(CSc1ncccc1Br)C(N)=O. The van der Waals surface area contributed by atoms with Crippen molar-refractivity contribution < 1.29 is 4.79 Å². The Balaban J connectivity index is 2.55. The van der Waals surface area contributed by atoms with Gasteiger partial charge in [0.2, 0.25) is 5.91 Å². The van der Waals surface area contributed by atoms with Gasteiger partial charge < -0.3 is 11.1 Å². The Hall–Kier alpha value is -0.590. The number of primary amides is 1. The van der Waals surface area contributed by atoms with E-state index in [-0.39, 0.29) is 11.9 Å². The summed E-state index contributed by atoms with van der Waals surface area (Å²) in [5, 5.41) is 3.90. The minimum Gasteiger partial charge on any atom is -0.368 e. The summed E-state index contributed by atoms with van der Waals surface area (Å²) in [5.41, 5.74) is 5.28. The van der Waals surface area contributed by atoms with Crippen molar-refractivity contribution in [1.29, 1.82) is 0 Å². The zero-order valence-corrected chi connectivity index (χ0v) is 11.3. The van der Waals surface area contributed by atoms with E-state index in [0.717, 1.165) is 16.0 Å². The van der Waals surface area contributed by atoms with Crippen LogP contribution in [0.2, 0.25) is 0 Å². The first kappa shape index (κ1) is 13.5. The van der Waals surface area contributed by atoms with Crippen LogP contribution in [0.15, 0.2) is 27.8 Å². The number of hydrogen-bond donors (Lipinski definition) is 2. The maximum Gasteiger partial charge on any atom is 0.235 e. The lowest BCUT2D eigenvalue weighted by molar-refractivity contribution is -0.119. The van der Waals surface area contributed by atoms with Crippen LogP contribution in [-0.2, 0) is 4.79 Å². The fourth-order valence-corrected chi connectivity index (χ4v) is 2.67.